The Bertz CT molecular complexity index is 2940. The number of nitrogens with one attached hydrogen (secondary N) is 1. The van der Waals surface area contributed by atoms with Crippen molar-refractivity contribution >= 4 is 60.0 Å². The van der Waals surface area contributed by atoms with Gasteiger partial charge >= 0.3 is 6.18 Å². The Balaban J connectivity index is 1.39. The molecule has 0 spiro atoms. The molecule has 4 aromatic heterocycles. The molecule has 17 heteroatoms. The smallest absolute Gasteiger partial charge is 0.415 e. The number of halogens is 4. The molecule has 7 aromatic rings. The van der Waals surface area contributed by atoms with Crippen molar-refractivity contribution in [3.05, 3.63) is 95.1 Å². The lowest BCUT2D eigenvalue weighted by Crippen LogP contribution is -2.48. The summed E-state index contributed by atoms with van der Waals surface area (Å²) in [6, 6.07) is 19.3. The zero-order valence-electron chi connectivity index (χ0n) is 30.9. The molecule has 3 aromatic carbocycles. The van der Waals surface area contributed by atoms with Crippen LogP contribution in [0.5, 0.6) is 0 Å². The minimum absolute atomic E-state index is 0.0310. The maximum Gasteiger partial charge on any atom is 0.415 e. The van der Waals surface area contributed by atoms with Crippen molar-refractivity contribution < 1.29 is 39.9 Å². The molecule has 1 aliphatic rings. The van der Waals surface area contributed by atoms with Gasteiger partial charge in [-0.2, -0.15) is 18.4 Å². The highest BCUT2D eigenvalue weighted by Gasteiger charge is 2.43. The predicted octanol–water partition coefficient (Wildman–Crippen LogP) is 6.95. The van der Waals surface area contributed by atoms with Crippen LogP contribution in [0.3, 0.4) is 0 Å². The second-order valence-electron chi connectivity index (χ2n) is 13.8. The van der Waals surface area contributed by atoms with Gasteiger partial charge in [-0.05, 0) is 67.1 Å². The summed E-state index contributed by atoms with van der Waals surface area (Å²) in [5, 5.41) is 13.7. The van der Waals surface area contributed by atoms with Crippen LogP contribution in [-0.2, 0) is 21.3 Å². The monoisotopic (exact) mass is 799 g/mol. The molecule has 1 saturated heterocycles. The number of aryl methyl sites for hydroxylation is 1. The van der Waals surface area contributed by atoms with Crippen LogP contribution in [0, 0.1) is 24.1 Å². The van der Waals surface area contributed by atoms with E-state index in [1.807, 2.05) is 11.3 Å². The van der Waals surface area contributed by atoms with Crippen molar-refractivity contribution in [3.63, 3.8) is 0 Å². The zero-order valence-corrected chi connectivity index (χ0v) is 31.7. The van der Waals surface area contributed by atoms with Gasteiger partial charge in [0.15, 0.2) is 6.10 Å². The van der Waals surface area contributed by atoms with E-state index >= 15 is 0 Å². The molecule has 57 heavy (non-hydrogen) atoms. The third kappa shape index (κ3) is 6.49. The molecule has 1 amide bonds. The van der Waals surface area contributed by atoms with Gasteiger partial charge in [-0.25, -0.2) is 22.8 Å². The van der Waals surface area contributed by atoms with Crippen LogP contribution in [0.15, 0.2) is 71.1 Å². The number of rotatable bonds is 7. The van der Waals surface area contributed by atoms with E-state index in [-0.39, 0.29) is 42.3 Å². The number of pyridine rings is 1. The van der Waals surface area contributed by atoms with E-state index < -0.39 is 40.6 Å². The van der Waals surface area contributed by atoms with Crippen LogP contribution in [-0.4, -0.2) is 85.9 Å². The van der Waals surface area contributed by atoms with Crippen molar-refractivity contribution in [2.24, 2.45) is 0 Å². The van der Waals surface area contributed by atoms with Gasteiger partial charge in [0.2, 0.25) is 10.0 Å². The standard InChI is InChI=1S/C40H33F4N7O5S/c1-21-34-23(18-45)6-5-7-29(34)51-33(20-50-14-15-55-32(19-50)40(42,43)44)47-28-13-12-27(48-36(28)37(21)51)25-16-26-31(17-30(25)49(3)57(4,53)54)56-38(35(26)39(52)46-2)22-8-10-24(41)11-9-22/h5-13,16-17,32H,14-15,19-20H2,1-4H3,(H,46,52). The molecule has 292 valence electrons. The summed E-state index contributed by atoms with van der Waals surface area (Å²) < 4.78 is 95.2. The van der Waals surface area contributed by atoms with E-state index in [0.717, 1.165) is 10.6 Å². The quantitative estimate of drug-likeness (QED) is 0.169. The van der Waals surface area contributed by atoms with Gasteiger partial charge in [-0.3, -0.25) is 18.4 Å². The van der Waals surface area contributed by atoms with Gasteiger partial charge in [0, 0.05) is 55.2 Å². The number of carbonyl (C=O) groups excluding carboxylic acids is 1. The number of morpholine rings is 1. The van der Waals surface area contributed by atoms with E-state index in [4.69, 9.17) is 19.1 Å². The number of hydrogen-bond donors (Lipinski definition) is 1. The summed E-state index contributed by atoms with van der Waals surface area (Å²) in [6.07, 6.45) is -5.46. The largest absolute Gasteiger partial charge is 0.455 e. The lowest BCUT2D eigenvalue weighted by molar-refractivity contribution is -0.237. The topological polar surface area (TPSA) is 146 Å². The van der Waals surface area contributed by atoms with Gasteiger partial charge in [0.05, 0.1) is 64.5 Å². The summed E-state index contributed by atoms with van der Waals surface area (Å²) in [4.78, 5) is 25.1. The maximum absolute atomic E-state index is 13.9. The Hall–Kier alpha value is -6.09. The molecule has 1 aliphatic heterocycles. The van der Waals surface area contributed by atoms with Crippen molar-refractivity contribution in [1.29, 1.82) is 5.26 Å². The Morgan fingerprint density at radius 2 is 1.86 bits per heavy atom. The third-order valence-electron chi connectivity index (χ3n) is 10.3. The van der Waals surface area contributed by atoms with Crippen LogP contribution >= 0.6 is 0 Å². The van der Waals surface area contributed by atoms with E-state index in [9.17, 15) is 36.0 Å². The third-order valence-corrected chi connectivity index (χ3v) is 11.5. The highest BCUT2D eigenvalue weighted by atomic mass is 32.2. The highest BCUT2D eigenvalue weighted by Crippen LogP contribution is 2.42. The molecular weight excluding hydrogens is 767 g/mol. The van der Waals surface area contributed by atoms with Crippen LogP contribution in [0.25, 0.3) is 61.0 Å². The highest BCUT2D eigenvalue weighted by molar-refractivity contribution is 7.92. The number of benzene rings is 3. The zero-order chi connectivity index (χ0) is 40.6. The molecule has 0 bridgehead atoms. The number of anilines is 1. The van der Waals surface area contributed by atoms with Crippen LogP contribution < -0.4 is 9.62 Å². The summed E-state index contributed by atoms with van der Waals surface area (Å²) in [6.45, 7) is 1.59. The molecule has 1 atom stereocenters. The van der Waals surface area contributed by atoms with Crippen LogP contribution in [0.4, 0.5) is 23.2 Å². The first-order valence-corrected chi connectivity index (χ1v) is 19.5. The van der Waals surface area contributed by atoms with Gasteiger partial charge in [0.1, 0.15) is 28.5 Å². The molecule has 5 heterocycles. The lowest BCUT2D eigenvalue weighted by atomic mass is 10.0. The molecular formula is C40H33F4N7O5S. The van der Waals surface area contributed by atoms with Gasteiger partial charge in [0.25, 0.3) is 5.91 Å². The first-order chi connectivity index (χ1) is 27.1. The number of ether oxygens (including phenoxy) is 1. The first kappa shape index (κ1) is 37.8. The summed E-state index contributed by atoms with van der Waals surface area (Å²) in [7, 11) is -1.04. The number of nitriles is 1. The number of hydrogen-bond acceptors (Lipinski definition) is 9. The first-order valence-electron chi connectivity index (χ1n) is 17.7. The molecule has 0 saturated carbocycles. The number of carbonyl (C=O) groups is 1. The van der Waals surface area contributed by atoms with E-state index in [2.05, 4.69) is 11.4 Å². The normalized spacial score (nSPS) is 15.5. The second kappa shape index (κ2) is 13.8. The van der Waals surface area contributed by atoms with Crippen LogP contribution in [0.2, 0.25) is 0 Å². The average molecular weight is 800 g/mol. The number of fused-ring (bicyclic) bond motifs is 6. The van der Waals surface area contributed by atoms with Crippen molar-refractivity contribution in [2.75, 3.05) is 44.4 Å². The van der Waals surface area contributed by atoms with E-state index in [0.29, 0.717) is 66.6 Å². The Morgan fingerprint density at radius 3 is 2.54 bits per heavy atom. The minimum Gasteiger partial charge on any atom is -0.455 e. The molecule has 8 rings (SSSR count). The van der Waals surface area contributed by atoms with Crippen molar-refractivity contribution in [1.82, 2.24) is 24.6 Å². The maximum atomic E-state index is 13.9. The number of furan rings is 1. The molecule has 1 unspecified atom stereocenters. The predicted molar refractivity (Wildman–Crippen MR) is 206 cm³/mol. The van der Waals surface area contributed by atoms with Gasteiger partial charge in [-0.1, -0.05) is 6.07 Å². The fourth-order valence-electron chi connectivity index (χ4n) is 7.51. The number of amides is 1. The number of alkyl halides is 3. The Kier molecular flexibility index (Phi) is 9.18. The molecule has 12 nitrogen and oxygen atoms in total. The van der Waals surface area contributed by atoms with E-state index in [1.165, 1.54) is 44.4 Å². The van der Waals surface area contributed by atoms with E-state index in [1.54, 1.807) is 41.3 Å². The number of sulfonamides is 1. The minimum atomic E-state index is -4.54. The van der Waals surface area contributed by atoms with Gasteiger partial charge < -0.3 is 14.5 Å². The summed E-state index contributed by atoms with van der Waals surface area (Å²) in [5.74, 6) is -0.423. The fraction of sp³-hybridized carbons (Fsp3) is 0.250. The molecule has 0 radical (unpaired) electrons. The summed E-state index contributed by atoms with van der Waals surface area (Å²) in [5.41, 5.74) is 4.53. The van der Waals surface area contributed by atoms with Crippen molar-refractivity contribution in [3.8, 4) is 28.7 Å². The van der Waals surface area contributed by atoms with Crippen molar-refractivity contribution in [2.45, 2.75) is 25.7 Å². The summed E-state index contributed by atoms with van der Waals surface area (Å²) >= 11 is 0. The fourth-order valence-corrected chi connectivity index (χ4v) is 8.02. The Morgan fingerprint density at radius 1 is 1.11 bits per heavy atom. The number of aromatic nitrogens is 3. The molecule has 1 N–H and O–H groups in total. The van der Waals surface area contributed by atoms with Gasteiger partial charge in [-0.15, -0.1) is 0 Å². The SMILES string of the molecule is CNC(=O)c1c(-c2ccc(F)cc2)oc2cc(N(C)S(C)(=O)=O)c(-c3ccc4nc(CN5CCOC(C(F)(F)F)C5)n5c6cccc(C#N)c6c(C)c5c4n3)cc12. The van der Waals surface area contributed by atoms with Crippen LogP contribution in [0.1, 0.15) is 27.3 Å². The Labute approximate surface area is 322 Å². The number of nitrogens with zero attached hydrogens (tertiary/aromatic N) is 6. The molecule has 1 fully saturated rings. The average Bonchev–Trinajstić information content (AvgIpc) is 3.71. The molecule has 0 aliphatic carbocycles. The lowest BCUT2D eigenvalue weighted by Gasteiger charge is -2.33. The second-order valence-corrected chi connectivity index (χ2v) is 15.9.